The van der Waals surface area contributed by atoms with Crippen LogP contribution in [-0.2, 0) is 14.3 Å². The standard InChI is InChI=1S/C21H38N4O4/c1-16(2)29-14-6-11-22-20(27)17-9-12-25(13-10-17)15-19(26)24-21(28)23-18-7-4-3-5-8-18/h16-18H,3-15H2,1-2H3,(H,22,27)(H2,23,24,26,28). The molecule has 2 rings (SSSR count). The number of imide groups is 1. The Morgan fingerprint density at radius 2 is 1.72 bits per heavy atom. The van der Waals surface area contributed by atoms with E-state index >= 15 is 0 Å². The van der Waals surface area contributed by atoms with E-state index in [1.807, 2.05) is 18.7 Å². The molecule has 0 bridgehead atoms. The van der Waals surface area contributed by atoms with Gasteiger partial charge in [0.15, 0.2) is 0 Å². The summed E-state index contributed by atoms with van der Waals surface area (Å²) in [5.74, 6) is -0.202. The average molecular weight is 411 g/mol. The highest BCUT2D eigenvalue weighted by molar-refractivity contribution is 5.95. The summed E-state index contributed by atoms with van der Waals surface area (Å²) in [5, 5.41) is 8.30. The minimum absolute atomic E-state index is 0.00470. The zero-order valence-electron chi connectivity index (χ0n) is 18.0. The molecule has 1 heterocycles. The lowest BCUT2D eigenvalue weighted by Crippen LogP contribution is -2.49. The molecule has 2 fully saturated rings. The lowest BCUT2D eigenvalue weighted by atomic mass is 9.96. The van der Waals surface area contributed by atoms with Crippen molar-refractivity contribution in [2.75, 3.05) is 32.8 Å². The zero-order chi connectivity index (χ0) is 21.1. The van der Waals surface area contributed by atoms with E-state index in [1.54, 1.807) is 0 Å². The van der Waals surface area contributed by atoms with Gasteiger partial charge in [0.05, 0.1) is 12.6 Å². The van der Waals surface area contributed by atoms with E-state index in [9.17, 15) is 14.4 Å². The van der Waals surface area contributed by atoms with Crippen LogP contribution in [0.15, 0.2) is 0 Å². The molecule has 3 N–H and O–H groups in total. The Morgan fingerprint density at radius 3 is 2.38 bits per heavy atom. The topological polar surface area (TPSA) is 99.8 Å². The van der Waals surface area contributed by atoms with Gasteiger partial charge in [0, 0.05) is 25.1 Å². The molecule has 0 aromatic rings. The molecule has 1 saturated carbocycles. The van der Waals surface area contributed by atoms with Crippen molar-refractivity contribution in [3.05, 3.63) is 0 Å². The van der Waals surface area contributed by atoms with Crippen LogP contribution in [0.4, 0.5) is 4.79 Å². The Hall–Kier alpha value is -1.67. The van der Waals surface area contributed by atoms with Crippen LogP contribution in [0, 0.1) is 5.92 Å². The first-order chi connectivity index (χ1) is 13.9. The Labute approximate surface area is 174 Å². The molecule has 8 nitrogen and oxygen atoms in total. The quantitative estimate of drug-likeness (QED) is 0.503. The van der Waals surface area contributed by atoms with Crippen LogP contribution in [-0.4, -0.2) is 67.7 Å². The van der Waals surface area contributed by atoms with Crippen LogP contribution >= 0.6 is 0 Å². The van der Waals surface area contributed by atoms with Crippen molar-refractivity contribution in [3.8, 4) is 0 Å². The number of ether oxygens (including phenoxy) is 1. The fourth-order valence-electron chi connectivity index (χ4n) is 3.94. The van der Waals surface area contributed by atoms with Crippen LogP contribution in [0.25, 0.3) is 0 Å². The van der Waals surface area contributed by atoms with Crippen LogP contribution in [0.2, 0.25) is 0 Å². The number of piperidine rings is 1. The maximum Gasteiger partial charge on any atom is 0.321 e. The van der Waals surface area contributed by atoms with Gasteiger partial charge in [-0.2, -0.15) is 0 Å². The molecule has 0 atom stereocenters. The highest BCUT2D eigenvalue weighted by atomic mass is 16.5. The van der Waals surface area contributed by atoms with Crippen LogP contribution in [0.5, 0.6) is 0 Å². The molecule has 1 aliphatic carbocycles. The van der Waals surface area contributed by atoms with Gasteiger partial charge in [-0.05, 0) is 59.0 Å². The average Bonchev–Trinajstić information content (AvgIpc) is 2.68. The summed E-state index contributed by atoms with van der Waals surface area (Å²) in [6, 6.07) is -0.208. The number of likely N-dealkylation sites (tertiary alicyclic amines) is 1. The summed E-state index contributed by atoms with van der Waals surface area (Å²) in [6.45, 7) is 6.84. The maximum atomic E-state index is 12.3. The lowest BCUT2D eigenvalue weighted by molar-refractivity contribution is -0.126. The minimum Gasteiger partial charge on any atom is -0.379 e. The summed E-state index contributed by atoms with van der Waals surface area (Å²) in [5.41, 5.74) is 0. The van der Waals surface area contributed by atoms with Gasteiger partial charge >= 0.3 is 6.03 Å². The van der Waals surface area contributed by atoms with E-state index in [-0.39, 0.29) is 36.4 Å². The van der Waals surface area contributed by atoms with Gasteiger partial charge in [-0.3, -0.25) is 19.8 Å². The van der Waals surface area contributed by atoms with E-state index < -0.39 is 6.03 Å². The molecule has 8 heteroatoms. The summed E-state index contributed by atoms with van der Waals surface area (Å²) in [6.07, 6.45) is 7.95. The highest BCUT2D eigenvalue weighted by Gasteiger charge is 2.26. The normalized spacial score (nSPS) is 19.1. The number of nitrogens with one attached hydrogen (secondary N) is 3. The van der Waals surface area contributed by atoms with Gasteiger partial charge in [0.1, 0.15) is 0 Å². The van der Waals surface area contributed by atoms with Crippen molar-refractivity contribution in [1.29, 1.82) is 0 Å². The largest absolute Gasteiger partial charge is 0.379 e. The Morgan fingerprint density at radius 1 is 1.03 bits per heavy atom. The predicted molar refractivity (Wildman–Crippen MR) is 111 cm³/mol. The second-order valence-corrected chi connectivity index (χ2v) is 8.47. The van der Waals surface area contributed by atoms with E-state index in [0.29, 0.717) is 26.2 Å². The third kappa shape index (κ3) is 9.58. The number of rotatable bonds is 9. The van der Waals surface area contributed by atoms with E-state index in [2.05, 4.69) is 16.0 Å². The van der Waals surface area contributed by atoms with E-state index in [1.165, 1.54) is 6.42 Å². The second-order valence-electron chi connectivity index (χ2n) is 8.47. The van der Waals surface area contributed by atoms with Gasteiger partial charge in [-0.25, -0.2) is 4.79 Å². The van der Waals surface area contributed by atoms with Crippen LogP contribution < -0.4 is 16.0 Å². The fourth-order valence-corrected chi connectivity index (χ4v) is 3.94. The number of urea groups is 1. The SMILES string of the molecule is CC(C)OCCCNC(=O)C1CCN(CC(=O)NC(=O)NC2CCCCC2)CC1. The molecule has 0 aromatic heterocycles. The molecule has 1 aliphatic heterocycles. The number of hydrogen-bond donors (Lipinski definition) is 3. The first-order valence-electron chi connectivity index (χ1n) is 11.2. The molecule has 2 aliphatic rings. The number of amides is 4. The third-order valence-electron chi connectivity index (χ3n) is 5.59. The lowest BCUT2D eigenvalue weighted by Gasteiger charge is -2.30. The predicted octanol–water partition coefficient (Wildman–Crippen LogP) is 1.79. The number of hydrogen-bond acceptors (Lipinski definition) is 5. The van der Waals surface area contributed by atoms with Gasteiger partial charge in [-0.1, -0.05) is 19.3 Å². The van der Waals surface area contributed by atoms with Crippen molar-refractivity contribution < 1.29 is 19.1 Å². The van der Waals surface area contributed by atoms with Gasteiger partial charge in [0.25, 0.3) is 0 Å². The number of carbonyl (C=O) groups excluding carboxylic acids is 3. The van der Waals surface area contributed by atoms with Crippen LogP contribution in [0.3, 0.4) is 0 Å². The molecule has 166 valence electrons. The van der Waals surface area contributed by atoms with Gasteiger partial charge in [0.2, 0.25) is 11.8 Å². The van der Waals surface area contributed by atoms with Crippen molar-refractivity contribution in [1.82, 2.24) is 20.9 Å². The first-order valence-corrected chi connectivity index (χ1v) is 11.2. The highest BCUT2D eigenvalue weighted by Crippen LogP contribution is 2.18. The summed E-state index contributed by atoms with van der Waals surface area (Å²) in [7, 11) is 0. The molecule has 1 saturated heterocycles. The van der Waals surface area contributed by atoms with Crippen molar-refractivity contribution >= 4 is 17.8 Å². The molecule has 29 heavy (non-hydrogen) atoms. The monoisotopic (exact) mass is 410 g/mol. The molecule has 0 radical (unpaired) electrons. The van der Waals surface area contributed by atoms with Crippen molar-refractivity contribution in [2.24, 2.45) is 5.92 Å². The Bertz CT molecular complexity index is 527. The molecular weight excluding hydrogens is 372 g/mol. The Balaban J connectivity index is 1.56. The Kier molecular flexibility index (Phi) is 10.4. The van der Waals surface area contributed by atoms with Crippen LogP contribution in [0.1, 0.15) is 65.2 Å². The second kappa shape index (κ2) is 12.8. The smallest absolute Gasteiger partial charge is 0.321 e. The third-order valence-corrected chi connectivity index (χ3v) is 5.59. The van der Waals surface area contributed by atoms with E-state index in [4.69, 9.17) is 4.74 Å². The molecular formula is C21H38N4O4. The molecule has 0 aromatic carbocycles. The minimum atomic E-state index is -0.391. The van der Waals surface area contributed by atoms with Crippen molar-refractivity contribution in [2.45, 2.75) is 77.4 Å². The van der Waals surface area contributed by atoms with E-state index in [0.717, 1.165) is 44.9 Å². The number of nitrogens with zero attached hydrogens (tertiary/aromatic N) is 1. The molecule has 0 unspecified atom stereocenters. The molecule has 0 spiro atoms. The summed E-state index contributed by atoms with van der Waals surface area (Å²) < 4.78 is 5.47. The van der Waals surface area contributed by atoms with Gasteiger partial charge in [-0.15, -0.1) is 0 Å². The van der Waals surface area contributed by atoms with Gasteiger partial charge < -0.3 is 15.4 Å². The zero-order valence-corrected chi connectivity index (χ0v) is 18.0. The fraction of sp³-hybridized carbons (Fsp3) is 0.857. The first kappa shape index (κ1) is 23.6. The maximum absolute atomic E-state index is 12.3. The summed E-state index contributed by atoms with van der Waals surface area (Å²) >= 11 is 0. The van der Waals surface area contributed by atoms with Crippen molar-refractivity contribution in [3.63, 3.8) is 0 Å². The molecule has 4 amide bonds. The summed E-state index contributed by atoms with van der Waals surface area (Å²) in [4.78, 5) is 38.3. The number of carbonyl (C=O) groups is 3.